The molecule has 0 aromatic heterocycles. The minimum absolute atomic E-state index is 0.0744. The fourth-order valence-corrected chi connectivity index (χ4v) is 3.84. The van der Waals surface area contributed by atoms with Crippen LogP contribution in [0.3, 0.4) is 0 Å². The van der Waals surface area contributed by atoms with Crippen LogP contribution in [0.5, 0.6) is 5.75 Å². The highest BCUT2D eigenvalue weighted by Crippen LogP contribution is 2.15. The van der Waals surface area contributed by atoms with E-state index < -0.39 is 22.1 Å². The lowest BCUT2D eigenvalue weighted by Crippen LogP contribution is -2.42. The molecule has 27 heavy (non-hydrogen) atoms. The molecule has 1 aliphatic rings. The van der Waals surface area contributed by atoms with Gasteiger partial charge in [-0.1, -0.05) is 0 Å². The number of amides is 1. The largest absolute Gasteiger partial charge is 0.497 e. The normalized spacial score (nSPS) is 15.9. The number of sulfonamides is 1. The van der Waals surface area contributed by atoms with E-state index in [1.54, 1.807) is 4.90 Å². The van der Waals surface area contributed by atoms with Crippen molar-refractivity contribution >= 4 is 21.9 Å². The van der Waals surface area contributed by atoms with Crippen LogP contribution in [0, 0.1) is 0 Å². The second-order valence-electron chi connectivity index (χ2n) is 6.34. The number of nitrogens with zero attached hydrogens (tertiary/aromatic N) is 1. The molecule has 0 aliphatic carbocycles. The first-order chi connectivity index (χ1) is 12.8. The first-order valence-electron chi connectivity index (χ1n) is 8.95. The molecule has 1 amide bonds. The zero-order valence-corrected chi connectivity index (χ0v) is 16.5. The van der Waals surface area contributed by atoms with Gasteiger partial charge in [-0.3, -0.25) is 9.59 Å². The number of piperidine rings is 1. The molecular weight excluding hydrogens is 372 g/mol. The molecule has 1 unspecified atom stereocenters. The first-order valence-corrected chi connectivity index (χ1v) is 10.4. The summed E-state index contributed by atoms with van der Waals surface area (Å²) in [4.78, 5) is 25.9. The summed E-state index contributed by atoms with van der Waals surface area (Å²) in [7, 11) is -2.24. The number of benzene rings is 1. The van der Waals surface area contributed by atoms with Crippen molar-refractivity contribution in [2.75, 3.05) is 26.7 Å². The molecule has 1 aliphatic heterocycles. The van der Waals surface area contributed by atoms with Gasteiger partial charge in [0.05, 0.1) is 18.4 Å². The summed E-state index contributed by atoms with van der Waals surface area (Å²) in [6.07, 6.45) is 1.99. The van der Waals surface area contributed by atoms with Crippen molar-refractivity contribution in [1.29, 1.82) is 0 Å². The number of carbonyl (C=O) groups excluding carboxylic acids is 2. The molecule has 1 atom stereocenters. The minimum Gasteiger partial charge on any atom is -0.497 e. The Kier molecular flexibility index (Phi) is 7.61. The molecule has 150 valence electrons. The van der Waals surface area contributed by atoms with Crippen LogP contribution in [0.15, 0.2) is 29.2 Å². The predicted molar refractivity (Wildman–Crippen MR) is 98.8 cm³/mol. The Balaban J connectivity index is 1.78. The van der Waals surface area contributed by atoms with Crippen LogP contribution in [-0.2, 0) is 24.3 Å². The van der Waals surface area contributed by atoms with Gasteiger partial charge >= 0.3 is 5.97 Å². The number of nitrogens with one attached hydrogen (secondary N) is 1. The van der Waals surface area contributed by atoms with Crippen LogP contribution in [0.1, 0.15) is 32.6 Å². The van der Waals surface area contributed by atoms with Gasteiger partial charge in [-0.15, -0.1) is 0 Å². The Labute approximate surface area is 159 Å². The number of hydrogen-bond donors (Lipinski definition) is 1. The van der Waals surface area contributed by atoms with Crippen LogP contribution < -0.4 is 9.46 Å². The van der Waals surface area contributed by atoms with Gasteiger partial charge in [0.15, 0.2) is 6.10 Å². The monoisotopic (exact) mass is 398 g/mol. The van der Waals surface area contributed by atoms with Gasteiger partial charge < -0.3 is 14.4 Å². The zero-order chi connectivity index (χ0) is 19.9. The third kappa shape index (κ3) is 6.21. The van der Waals surface area contributed by atoms with Crippen molar-refractivity contribution in [3.8, 4) is 5.75 Å². The summed E-state index contributed by atoms with van der Waals surface area (Å²) >= 11 is 0. The number of likely N-dealkylation sites (tertiary alicyclic amines) is 1. The van der Waals surface area contributed by atoms with E-state index in [-0.39, 0.29) is 23.8 Å². The van der Waals surface area contributed by atoms with Crippen LogP contribution in [-0.4, -0.2) is 58.0 Å². The molecule has 1 N–H and O–H groups in total. The predicted octanol–water partition coefficient (Wildman–Crippen LogP) is 1.31. The number of esters is 1. The van der Waals surface area contributed by atoms with Gasteiger partial charge in [-0.25, -0.2) is 13.1 Å². The zero-order valence-electron chi connectivity index (χ0n) is 15.6. The molecule has 9 heteroatoms. The molecule has 2 rings (SSSR count). The average Bonchev–Trinajstić information content (AvgIpc) is 2.67. The van der Waals surface area contributed by atoms with Crippen molar-refractivity contribution in [3.05, 3.63) is 24.3 Å². The number of rotatable bonds is 8. The summed E-state index contributed by atoms with van der Waals surface area (Å²) in [5.41, 5.74) is 0. The molecule has 0 saturated carbocycles. The van der Waals surface area contributed by atoms with Crippen LogP contribution in [0.2, 0.25) is 0 Å². The lowest BCUT2D eigenvalue weighted by molar-refractivity contribution is -0.159. The molecule has 1 aromatic carbocycles. The second kappa shape index (κ2) is 9.70. The molecule has 1 fully saturated rings. The Bertz CT molecular complexity index is 742. The van der Waals surface area contributed by atoms with E-state index in [1.165, 1.54) is 38.3 Å². The summed E-state index contributed by atoms with van der Waals surface area (Å²) in [6, 6.07) is 5.91. The van der Waals surface area contributed by atoms with E-state index >= 15 is 0 Å². The maximum atomic E-state index is 12.2. The van der Waals surface area contributed by atoms with E-state index in [0.717, 1.165) is 19.3 Å². The SMILES string of the molecule is COc1ccc(S(=O)(=O)NCCC(=O)OC(C)C(=O)N2CCCCC2)cc1. The maximum Gasteiger partial charge on any atom is 0.307 e. The second-order valence-corrected chi connectivity index (χ2v) is 8.11. The quantitative estimate of drug-likeness (QED) is 0.663. The summed E-state index contributed by atoms with van der Waals surface area (Å²) in [5, 5.41) is 0. The third-order valence-electron chi connectivity index (χ3n) is 4.31. The van der Waals surface area contributed by atoms with E-state index in [4.69, 9.17) is 9.47 Å². The highest BCUT2D eigenvalue weighted by molar-refractivity contribution is 7.89. The van der Waals surface area contributed by atoms with E-state index in [2.05, 4.69) is 4.72 Å². The van der Waals surface area contributed by atoms with E-state index in [9.17, 15) is 18.0 Å². The van der Waals surface area contributed by atoms with Crippen LogP contribution in [0.4, 0.5) is 0 Å². The van der Waals surface area contributed by atoms with Gasteiger partial charge in [0.25, 0.3) is 5.91 Å². The van der Waals surface area contributed by atoms with Gasteiger partial charge in [0, 0.05) is 19.6 Å². The lowest BCUT2D eigenvalue weighted by Gasteiger charge is -2.28. The fourth-order valence-electron chi connectivity index (χ4n) is 2.80. The first kappa shape index (κ1) is 21.2. The molecular formula is C18H26N2O6S. The standard InChI is InChI=1S/C18H26N2O6S/c1-14(18(22)20-12-4-3-5-13-20)26-17(21)10-11-19-27(23,24)16-8-6-15(25-2)7-9-16/h6-9,14,19H,3-5,10-13H2,1-2H3. The Morgan fingerprint density at radius 1 is 1.15 bits per heavy atom. The summed E-state index contributed by atoms with van der Waals surface area (Å²) < 4.78 is 36.8. The van der Waals surface area contributed by atoms with Crippen molar-refractivity contribution in [2.45, 2.75) is 43.6 Å². The molecule has 1 saturated heterocycles. The molecule has 0 bridgehead atoms. The number of carbonyl (C=O) groups is 2. The number of ether oxygens (including phenoxy) is 2. The lowest BCUT2D eigenvalue weighted by atomic mass is 10.1. The van der Waals surface area contributed by atoms with Crippen molar-refractivity contribution < 1.29 is 27.5 Å². The maximum absolute atomic E-state index is 12.2. The molecule has 0 spiro atoms. The third-order valence-corrected chi connectivity index (χ3v) is 5.79. The summed E-state index contributed by atoms with van der Waals surface area (Å²) in [6.45, 7) is 2.79. The van der Waals surface area contributed by atoms with Gasteiger partial charge in [0.1, 0.15) is 5.75 Å². The highest BCUT2D eigenvalue weighted by Gasteiger charge is 2.25. The fraction of sp³-hybridized carbons (Fsp3) is 0.556. The Hall–Kier alpha value is -2.13. The van der Waals surface area contributed by atoms with Gasteiger partial charge in [0.2, 0.25) is 10.0 Å². The van der Waals surface area contributed by atoms with Crippen molar-refractivity contribution in [3.63, 3.8) is 0 Å². The molecule has 0 radical (unpaired) electrons. The van der Waals surface area contributed by atoms with Gasteiger partial charge in [-0.05, 0) is 50.5 Å². The van der Waals surface area contributed by atoms with Crippen LogP contribution >= 0.6 is 0 Å². The van der Waals surface area contributed by atoms with Crippen molar-refractivity contribution in [1.82, 2.24) is 9.62 Å². The number of hydrogen-bond acceptors (Lipinski definition) is 6. The topological polar surface area (TPSA) is 102 Å². The Morgan fingerprint density at radius 3 is 2.37 bits per heavy atom. The Morgan fingerprint density at radius 2 is 1.78 bits per heavy atom. The average molecular weight is 398 g/mol. The van der Waals surface area contributed by atoms with Gasteiger partial charge in [-0.2, -0.15) is 0 Å². The summed E-state index contributed by atoms with van der Waals surface area (Å²) in [5.74, 6) is -0.281. The molecule has 1 heterocycles. The smallest absolute Gasteiger partial charge is 0.307 e. The number of methoxy groups -OCH3 is 1. The minimum atomic E-state index is -3.73. The van der Waals surface area contributed by atoms with E-state index in [1.807, 2.05) is 0 Å². The highest BCUT2D eigenvalue weighted by atomic mass is 32.2. The molecule has 8 nitrogen and oxygen atoms in total. The van der Waals surface area contributed by atoms with Crippen LogP contribution in [0.25, 0.3) is 0 Å². The van der Waals surface area contributed by atoms with E-state index in [0.29, 0.717) is 18.8 Å². The molecule has 1 aromatic rings. The van der Waals surface area contributed by atoms with Crippen molar-refractivity contribution in [2.24, 2.45) is 0 Å².